The Kier molecular flexibility index (Phi) is 6.87. The molecule has 1 N–H and O–H groups in total. The fraction of sp³-hybridized carbons (Fsp3) is 0.545. The Balaban J connectivity index is 1.73. The molecular formula is C22H30N4O4. The van der Waals surface area contributed by atoms with Crippen LogP contribution in [-0.2, 0) is 9.59 Å². The Morgan fingerprint density at radius 1 is 1.00 bits per heavy atom. The molecule has 8 nitrogen and oxygen atoms in total. The molecular weight excluding hydrogens is 384 g/mol. The van der Waals surface area contributed by atoms with E-state index in [0.29, 0.717) is 43.9 Å². The first-order valence-corrected chi connectivity index (χ1v) is 10.6. The smallest absolute Gasteiger partial charge is 0.262 e. The van der Waals surface area contributed by atoms with Gasteiger partial charge in [-0.2, -0.15) is 0 Å². The number of carbonyl (C=O) groups is 4. The molecule has 0 spiro atoms. The van der Waals surface area contributed by atoms with Crippen LogP contribution in [0.4, 0.5) is 0 Å². The molecule has 1 saturated heterocycles. The fourth-order valence-corrected chi connectivity index (χ4v) is 4.15. The van der Waals surface area contributed by atoms with Crippen LogP contribution in [0.5, 0.6) is 0 Å². The van der Waals surface area contributed by atoms with Gasteiger partial charge in [0.1, 0.15) is 6.04 Å². The number of hydrogen-bond acceptors (Lipinski definition) is 5. The molecule has 1 aromatic carbocycles. The zero-order valence-corrected chi connectivity index (χ0v) is 17.9. The van der Waals surface area contributed by atoms with Gasteiger partial charge < -0.3 is 10.2 Å². The van der Waals surface area contributed by atoms with Crippen molar-refractivity contribution in [3.63, 3.8) is 0 Å². The van der Waals surface area contributed by atoms with Crippen LogP contribution in [0.3, 0.4) is 0 Å². The highest BCUT2D eigenvalue weighted by Gasteiger charge is 2.45. The molecule has 2 heterocycles. The molecule has 4 amide bonds. The minimum Gasteiger partial charge on any atom is -0.355 e. The Morgan fingerprint density at radius 2 is 1.63 bits per heavy atom. The maximum atomic E-state index is 13.4. The van der Waals surface area contributed by atoms with E-state index in [1.54, 1.807) is 29.2 Å². The number of fused-ring (bicyclic) bond motifs is 1. The molecule has 2 aliphatic rings. The lowest BCUT2D eigenvalue weighted by molar-refractivity contribution is -0.136. The molecule has 30 heavy (non-hydrogen) atoms. The van der Waals surface area contributed by atoms with Crippen molar-refractivity contribution < 1.29 is 19.2 Å². The molecule has 8 heteroatoms. The Morgan fingerprint density at radius 3 is 2.20 bits per heavy atom. The topological polar surface area (TPSA) is 90.0 Å². The van der Waals surface area contributed by atoms with Crippen molar-refractivity contribution in [2.75, 3.05) is 39.3 Å². The van der Waals surface area contributed by atoms with Crippen molar-refractivity contribution in [2.24, 2.45) is 5.92 Å². The van der Waals surface area contributed by atoms with Crippen molar-refractivity contribution in [3.05, 3.63) is 35.4 Å². The van der Waals surface area contributed by atoms with E-state index >= 15 is 0 Å². The van der Waals surface area contributed by atoms with Gasteiger partial charge in [0, 0.05) is 32.7 Å². The van der Waals surface area contributed by atoms with Gasteiger partial charge >= 0.3 is 0 Å². The van der Waals surface area contributed by atoms with Gasteiger partial charge in [0.15, 0.2) is 0 Å². The lowest BCUT2D eigenvalue weighted by atomic mass is 10.0. The van der Waals surface area contributed by atoms with Crippen LogP contribution in [0.25, 0.3) is 0 Å². The van der Waals surface area contributed by atoms with Gasteiger partial charge in [0.2, 0.25) is 11.8 Å². The Labute approximate surface area is 177 Å². The number of rotatable bonds is 6. The Hall–Kier alpha value is -2.74. The van der Waals surface area contributed by atoms with E-state index in [1.807, 2.05) is 25.7 Å². The molecule has 1 atom stereocenters. The molecule has 162 valence electrons. The minimum absolute atomic E-state index is 0.0247. The summed E-state index contributed by atoms with van der Waals surface area (Å²) < 4.78 is 0. The summed E-state index contributed by atoms with van der Waals surface area (Å²) >= 11 is 0. The van der Waals surface area contributed by atoms with E-state index in [1.165, 1.54) is 0 Å². The van der Waals surface area contributed by atoms with Crippen LogP contribution < -0.4 is 5.32 Å². The van der Waals surface area contributed by atoms with Gasteiger partial charge in [0.25, 0.3) is 11.8 Å². The predicted octanol–water partition coefficient (Wildman–Crippen LogP) is 0.978. The molecule has 3 rings (SSSR count). The average molecular weight is 415 g/mol. The first kappa shape index (κ1) is 22.0. The molecule has 0 radical (unpaired) electrons. The van der Waals surface area contributed by atoms with Crippen molar-refractivity contribution in [1.82, 2.24) is 20.0 Å². The lowest BCUT2D eigenvalue weighted by Crippen LogP contribution is -2.54. The quantitative estimate of drug-likeness (QED) is 0.701. The summed E-state index contributed by atoms with van der Waals surface area (Å²) in [5, 5.41) is 2.79. The second kappa shape index (κ2) is 9.38. The third-order valence-corrected chi connectivity index (χ3v) is 5.63. The van der Waals surface area contributed by atoms with E-state index in [9.17, 15) is 19.2 Å². The summed E-state index contributed by atoms with van der Waals surface area (Å²) in [6.07, 6.45) is 0.734. The zero-order valence-electron chi connectivity index (χ0n) is 17.9. The summed E-state index contributed by atoms with van der Waals surface area (Å²) in [7, 11) is 0. The van der Waals surface area contributed by atoms with Crippen molar-refractivity contribution in [3.8, 4) is 0 Å². The monoisotopic (exact) mass is 414 g/mol. The molecule has 2 aliphatic heterocycles. The highest BCUT2D eigenvalue weighted by Crippen LogP contribution is 2.28. The van der Waals surface area contributed by atoms with Crippen molar-refractivity contribution >= 4 is 23.6 Å². The minimum atomic E-state index is -0.840. The summed E-state index contributed by atoms with van der Waals surface area (Å²) in [5.74, 6) is -1.26. The first-order valence-electron chi connectivity index (χ1n) is 10.6. The van der Waals surface area contributed by atoms with E-state index < -0.39 is 17.9 Å². The molecule has 1 fully saturated rings. The van der Waals surface area contributed by atoms with Crippen LogP contribution in [0.2, 0.25) is 0 Å². The van der Waals surface area contributed by atoms with Crippen molar-refractivity contribution in [2.45, 2.75) is 33.2 Å². The summed E-state index contributed by atoms with van der Waals surface area (Å²) in [5.41, 5.74) is 0.704. The summed E-state index contributed by atoms with van der Waals surface area (Å²) in [6, 6.07) is 5.85. The number of imide groups is 1. The van der Waals surface area contributed by atoms with Gasteiger partial charge in [-0.3, -0.25) is 29.0 Å². The van der Waals surface area contributed by atoms with Crippen molar-refractivity contribution in [1.29, 1.82) is 0 Å². The first-order chi connectivity index (χ1) is 14.3. The zero-order chi connectivity index (χ0) is 21.8. The molecule has 1 unspecified atom stereocenters. The maximum absolute atomic E-state index is 13.4. The number of benzene rings is 1. The standard InChI is InChI=1S/C22H30N4O4/c1-4-23-18(27)14-24-10-7-11-25(13-12-24)22(30)19(15(2)3)26-20(28)16-8-5-6-9-17(16)21(26)29/h5-6,8-9,15,19H,4,7,10-14H2,1-3H3,(H,23,27). The lowest BCUT2D eigenvalue weighted by Gasteiger charge is -2.33. The molecule has 0 saturated carbocycles. The highest BCUT2D eigenvalue weighted by molar-refractivity contribution is 6.22. The van der Waals surface area contributed by atoms with Crippen LogP contribution >= 0.6 is 0 Å². The number of carbonyl (C=O) groups excluding carboxylic acids is 4. The number of nitrogens with zero attached hydrogens (tertiary/aromatic N) is 3. The third-order valence-electron chi connectivity index (χ3n) is 5.63. The van der Waals surface area contributed by atoms with Crippen LogP contribution in [0.1, 0.15) is 47.9 Å². The fourth-order valence-electron chi connectivity index (χ4n) is 4.15. The van der Waals surface area contributed by atoms with Crippen LogP contribution in [0.15, 0.2) is 24.3 Å². The molecule has 1 aromatic rings. The number of amides is 4. The summed E-state index contributed by atoms with van der Waals surface area (Å²) in [4.78, 5) is 56.1. The van der Waals surface area contributed by atoms with E-state index in [4.69, 9.17) is 0 Å². The van der Waals surface area contributed by atoms with E-state index in [2.05, 4.69) is 5.32 Å². The van der Waals surface area contributed by atoms with Gasteiger partial charge in [-0.05, 0) is 31.4 Å². The number of likely N-dealkylation sites (N-methyl/N-ethyl adjacent to an activating group) is 1. The number of nitrogens with one attached hydrogen (secondary N) is 1. The molecule has 0 bridgehead atoms. The molecule has 0 aromatic heterocycles. The maximum Gasteiger partial charge on any atom is 0.262 e. The van der Waals surface area contributed by atoms with Gasteiger partial charge in [0.05, 0.1) is 17.7 Å². The van der Waals surface area contributed by atoms with Gasteiger partial charge in [-0.15, -0.1) is 0 Å². The summed E-state index contributed by atoms with van der Waals surface area (Å²) in [6.45, 7) is 8.79. The SMILES string of the molecule is CCNC(=O)CN1CCCN(C(=O)C(C(C)C)N2C(=O)c3ccccc3C2=O)CC1. The van der Waals surface area contributed by atoms with E-state index in [-0.39, 0.29) is 17.7 Å². The average Bonchev–Trinajstić information content (AvgIpc) is 2.87. The van der Waals surface area contributed by atoms with E-state index in [0.717, 1.165) is 17.9 Å². The second-order valence-electron chi connectivity index (χ2n) is 8.12. The largest absolute Gasteiger partial charge is 0.355 e. The Bertz CT molecular complexity index is 803. The molecule has 0 aliphatic carbocycles. The van der Waals surface area contributed by atoms with Crippen LogP contribution in [-0.4, -0.2) is 83.6 Å². The van der Waals surface area contributed by atoms with Gasteiger partial charge in [-0.25, -0.2) is 0 Å². The normalized spacial score (nSPS) is 18.4. The van der Waals surface area contributed by atoms with Gasteiger partial charge in [-0.1, -0.05) is 26.0 Å². The second-order valence-corrected chi connectivity index (χ2v) is 8.12. The predicted molar refractivity (Wildman–Crippen MR) is 112 cm³/mol. The highest BCUT2D eigenvalue weighted by atomic mass is 16.2. The number of hydrogen-bond donors (Lipinski definition) is 1. The third kappa shape index (κ3) is 4.38. The van der Waals surface area contributed by atoms with Crippen LogP contribution in [0, 0.1) is 5.92 Å².